The molecule has 0 fully saturated rings. The summed E-state index contributed by atoms with van der Waals surface area (Å²) in [5, 5.41) is 10.7. The van der Waals surface area contributed by atoms with Gasteiger partial charge in [-0.25, -0.2) is 12.1 Å². The van der Waals surface area contributed by atoms with E-state index in [-0.39, 0.29) is 17.1 Å². The molecule has 6 rings (SSSR count). The molecule has 0 aliphatic rings. The van der Waals surface area contributed by atoms with Gasteiger partial charge in [0.1, 0.15) is 0 Å². The van der Waals surface area contributed by atoms with Gasteiger partial charge in [-0.1, -0.05) is 166 Å². The predicted molar refractivity (Wildman–Crippen MR) is 241 cm³/mol. The Kier molecular flexibility index (Phi) is 21.1. The quantitative estimate of drug-likeness (QED) is 0.0472. The van der Waals surface area contributed by atoms with E-state index in [0.717, 1.165) is 0 Å². The number of nitrogens with one attached hydrogen (secondary N) is 1. The van der Waals surface area contributed by atoms with Gasteiger partial charge in [-0.3, -0.25) is 0 Å². The normalized spacial score (nSPS) is 11.3. The van der Waals surface area contributed by atoms with E-state index < -0.39 is 15.8 Å². The van der Waals surface area contributed by atoms with Gasteiger partial charge < -0.3 is 35.6 Å². The Morgan fingerprint density at radius 3 is 1.33 bits per heavy atom. The molecule has 4 heteroatoms. The number of benzene rings is 4. The van der Waals surface area contributed by atoms with E-state index in [0.29, 0.717) is 5.66 Å². The zero-order chi connectivity index (χ0) is 37.8. The summed E-state index contributed by atoms with van der Waals surface area (Å²) in [4.78, 5) is 0. The van der Waals surface area contributed by atoms with Crippen molar-refractivity contribution in [3.63, 3.8) is 0 Å². The molecule has 0 heterocycles. The van der Waals surface area contributed by atoms with Crippen molar-refractivity contribution in [3.05, 3.63) is 173 Å². The molecule has 6 aromatic carbocycles. The smallest absolute Gasteiger partial charge is 0 e. The maximum absolute atomic E-state index is 3.46. The molecule has 6 aromatic rings. The third-order valence-corrected chi connectivity index (χ3v) is 14.6. The summed E-state index contributed by atoms with van der Waals surface area (Å²) in [6.45, 7) is 18.3. The first-order valence-electron chi connectivity index (χ1n) is 19.8. The fraction of sp³-hybridized carbons (Fsp3) is 0.320. The minimum absolute atomic E-state index is 0. The van der Waals surface area contributed by atoms with E-state index in [4.69, 9.17) is 0 Å². The monoisotopic (exact) mass is 795 g/mol. The molecule has 1 N–H and O–H groups in total. The minimum Gasteiger partial charge on any atom is -0.748 e. The Balaban J connectivity index is 0.000000384. The largest absolute Gasteiger partial charge is 0.748 e. The molecular weight excluding hydrogens is 732 g/mol. The Morgan fingerprint density at radius 1 is 0.537 bits per heavy atom. The first kappa shape index (κ1) is 45.3. The summed E-state index contributed by atoms with van der Waals surface area (Å²) in [7, 11) is -1.24. The summed E-state index contributed by atoms with van der Waals surface area (Å²) in [6.07, 6.45) is 8.11. The molecule has 0 spiro atoms. The molecule has 0 aromatic heterocycles. The maximum Gasteiger partial charge on any atom is 0 e. The Morgan fingerprint density at radius 2 is 0.944 bits per heavy atom. The van der Waals surface area contributed by atoms with Crippen LogP contribution in [0.5, 0.6) is 0 Å². The Bertz CT molecular complexity index is 1690. The van der Waals surface area contributed by atoms with Crippen LogP contribution < -0.4 is 31.8 Å². The summed E-state index contributed by atoms with van der Waals surface area (Å²) < 4.78 is 0. The van der Waals surface area contributed by atoms with E-state index in [1.165, 1.54) is 106 Å². The van der Waals surface area contributed by atoms with Crippen LogP contribution in [0.1, 0.15) is 92.8 Å². The SMILES string of the molecule is CCCCCNCCCCC.Cc1cc(C)cc(P(c2cc(C)cc(C)c2)C(C)[c-]2cccc2P(c2ccccc2)c2ccccc2)c1.[Fe].[cH-]1[cH-][cH-][cH-][cH-]1. The van der Waals surface area contributed by atoms with Crippen molar-refractivity contribution in [2.24, 2.45) is 0 Å². The van der Waals surface area contributed by atoms with Crippen LogP contribution in [0.3, 0.4) is 0 Å². The third-order valence-electron chi connectivity index (χ3n) is 9.37. The van der Waals surface area contributed by atoms with Gasteiger partial charge in [-0.2, -0.15) is 6.07 Å². The number of rotatable bonds is 15. The molecule has 0 aliphatic heterocycles. The van der Waals surface area contributed by atoms with Crippen LogP contribution in [0.15, 0.2) is 146 Å². The second kappa shape index (κ2) is 25.2. The minimum atomic E-state index is -0.639. The zero-order valence-corrected chi connectivity index (χ0v) is 36.7. The number of hydrogen-bond donors (Lipinski definition) is 1. The topological polar surface area (TPSA) is 12.0 Å². The summed E-state index contributed by atoms with van der Waals surface area (Å²) in [6, 6.07) is 53.5. The van der Waals surface area contributed by atoms with E-state index in [1.54, 1.807) is 0 Å². The molecule has 0 aliphatic carbocycles. The molecule has 0 saturated carbocycles. The van der Waals surface area contributed by atoms with E-state index in [2.05, 4.69) is 169 Å². The zero-order valence-electron chi connectivity index (χ0n) is 33.8. The van der Waals surface area contributed by atoms with Crippen molar-refractivity contribution < 1.29 is 17.1 Å². The number of unbranched alkanes of at least 4 members (excludes halogenated alkanes) is 4. The van der Waals surface area contributed by atoms with E-state index in [9.17, 15) is 0 Å². The Labute approximate surface area is 342 Å². The Hall–Kier alpha value is -3.08. The molecule has 0 saturated heterocycles. The molecule has 1 unspecified atom stereocenters. The number of aryl methyl sites for hydroxylation is 4. The van der Waals surface area contributed by atoms with Crippen molar-refractivity contribution >= 4 is 42.4 Å². The van der Waals surface area contributed by atoms with Gasteiger partial charge in [-0.05, 0) is 96.3 Å². The average Bonchev–Trinajstić information content (AvgIpc) is 3.89. The second-order valence-electron chi connectivity index (χ2n) is 14.2. The van der Waals surface area contributed by atoms with Crippen LogP contribution in [0.25, 0.3) is 0 Å². The average molecular weight is 796 g/mol. The fourth-order valence-corrected chi connectivity index (χ4v) is 12.6. The van der Waals surface area contributed by atoms with Crippen LogP contribution in [0.4, 0.5) is 0 Å². The molecule has 0 amide bonds. The van der Waals surface area contributed by atoms with Gasteiger partial charge in [0.15, 0.2) is 0 Å². The molecule has 0 radical (unpaired) electrons. The first-order chi connectivity index (χ1) is 25.8. The summed E-state index contributed by atoms with van der Waals surface area (Å²) in [5.41, 5.74) is 7.26. The van der Waals surface area contributed by atoms with Gasteiger partial charge >= 0.3 is 0 Å². The summed E-state index contributed by atoms with van der Waals surface area (Å²) in [5.74, 6) is 0. The van der Waals surface area contributed by atoms with Crippen LogP contribution in [-0.2, 0) is 17.1 Å². The van der Waals surface area contributed by atoms with Crippen molar-refractivity contribution in [1.29, 1.82) is 0 Å². The van der Waals surface area contributed by atoms with Crippen LogP contribution in [0, 0.1) is 27.7 Å². The molecular formula is C50H63FeNP2-6. The third kappa shape index (κ3) is 14.5. The maximum atomic E-state index is 3.46. The van der Waals surface area contributed by atoms with Crippen LogP contribution in [0.2, 0.25) is 0 Å². The van der Waals surface area contributed by atoms with Gasteiger partial charge in [0.05, 0.1) is 0 Å². The van der Waals surface area contributed by atoms with E-state index in [1.807, 2.05) is 30.3 Å². The number of hydrogen-bond acceptors (Lipinski definition) is 1. The van der Waals surface area contributed by atoms with Gasteiger partial charge in [0, 0.05) is 17.1 Å². The van der Waals surface area contributed by atoms with Crippen molar-refractivity contribution in [3.8, 4) is 0 Å². The first-order valence-corrected chi connectivity index (χ1v) is 22.6. The van der Waals surface area contributed by atoms with Crippen molar-refractivity contribution in [1.82, 2.24) is 5.32 Å². The molecule has 1 nitrogen and oxygen atoms in total. The van der Waals surface area contributed by atoms with Gasteiger partial charge in [-0.15, -0.1) is 10.9 Å². The molecule has 292 valence electrons. The van der Waals surface area contributed by atoms with Gasteiger partial charge in [0.2, 0.25) is 0 Å². The van der Waals surface area contributed by atoms with Gasteiger partial charge in [0.25, 0.3) is 0 Å². The van der Waals surface area contributed by atoms with Crippen molar-refractivity contribution in [2.45, 2.75) is 92.7 Å². The molecule has 1 atom stereocenters. The second-order valence-corrected chi connectivity index (χ2v) is 19.0. The van der Waals surface area contributed by atoms with Crippen LogP contribution >= 0.6 is 15.8 Å². The standard InChI is InChI=1S/C35H35P2.C10H23N.C5H5.Fe/c1-25-19-26(2)22-32(21-25)36(33-23-27(3)20-28(4)24-33)29(5)34-17-12-18-35(34)37(30-13-8-6-9-14-30)31-15-10-7-11-16-31;1-3-5-7-9-11-10-8-6-4-2;1-2-4-5-3-1;/h6-24,29H,1-5H3;11H,3-10H2,1-2H3;1-5H;/q-1;;-5;. The summed E-state index contributed by atoms with van der Waals surface area (Å²) >= 11 is 0. The predicted octanol–water partition coefficient (Wildman–Crippen LogP) is 12.0. The van der Waals surface area contributed by atoms with Crippen molar-refractivity contribution in [2.75, 3.05) is 13.1 Å². The molecule has 0 bridgehead atoms. The van der Waals surface area contributed by atoms with E-state index >= 15 is 0 Å². The fourth-order valence-electron chi connectivity index (χ4n) is 6.92. The van der Waals surface area contributed by atoms with Crippen LogP contribution in [-0.4, -0.2) is 13.1 Å². The molecule has 54 heavy (non-hydrogen) atoms.